The maximum absolute atomic E-state index is 12.1. The van der Waals surface area contributed by atoms with Gasteiger partial charge in [0.25, 0.3) is 0 Å². The lowest BCUT2D eigenvalue weighted by molar-refractivity contribution is -0.149. The van der Waals surface area contributed by atoms with Gasteiger partial charge in [0.1, 0.15) is 5.54 Å². The highest BCUT2D eigenvalue weighted by molar-refractivity contribution is 5.82. The molecule has 1 aliphatic carbocycles. The Kier molecular flexibility index (Phi) is 3.71. The summed E-state index contributed by atoms with van der Waals surface area (Å²) in [5.74, 6) is -0.147. The molecule has 0 fully saturated rings. The summed E-state index contributed by atoms with van der Waals surface area (Å²) in [5, 5.41) is 3.41. The van der Waals surface area contributed by atoms with Crippen molar-refractivity contribution in [1.29, 1.82) is 0 Å². The zero-order valence-corrected chi connectivity index (χ0v) is 11.3. The largest absolute Gasteiger partial charge is 0.468 e. The highest BCUT2D eigenvalue weighted by atomic mass is 16.5. The Hall–Kier alpha value is -1.35. The van der Waals surface area contributed by atoms with Crippen molar-refractivity contribution in [2.24, 2.45) is 0 Å². The van der Waals surface area contributed by atoms with E-state index < -0.39 is 5.54 Å². The van der Waals surface area contributed by atoms with E-state index in [1.807, 2.05) is 6.07 Å². The smallest absolute Gasteiger partial charge is 0.326 e. The van der Waals surface area contributed by atoms with Gasteiger partial charge in [-0.2, -0.15) is 0 Å². The van der Waals surface area contributed by atoms with Gasteiger partial charge in [-0.3, -0.25) is 10.1 Å². The Morgan fingerprint density at radius 2 is 2.00 bits per heavy atom. The van der Waals surface area contributed by atoms with E-state index in [1.54, 1.807) is 0 Å². The molecule has 0 spiro atoms. The predicted octanol–water partition coefficient (Wildman–Crippen LogP) is 2.09. The Labute approximate surface area is 109 Å². The van der Waals surface area contributed by atoms with Crippen LogP contribution in [0.25, 0.3) is 0 Å². The molecule has 0 saturated carbocycles. The topological polar surface area (TPSA) is 38.3 Å². The van der Waals surface area contributed by atoms with Gasteiger partial charge in [0.2, 0.25) is 0 Å². The molecule has 1 aliphatic rings. The number of hydrogen-bond donors (Lipinski definition) is 1. The van der Waals surface area contributed by atoms with Gasteiger partial charge in [-0.15, -0.1) is 0 Å². The van der Waals surface area contributed by atoms with Gasteiger partial charge in [0.05, 0.1) is 7.11 Å². The quantitative estimate of drug-likeness (QED) is 0.831. The fraction of sp³-hybridized carbons (Fsp3) is 0.533. The molecule has 0 radical (unpaired) electrons. The van der Waals surface area contributed by atoms with Crippen LogP contribution >= 0.6 is 0 Å². The first-order chi connectivity index (χ1) is 8.57. The lowest BCUT2D eigenvalue weighted by Crippen LogP contribution is -2.58. The number of hydrogen-bond acceptors (Lipinski definition) is 3. The molecular formula is C15H21NO2. The summed E-state index contributed by atoms with van der Waals surface area (Å²) in [6.07, 6.45) is 2.44. The first-order valence-electron chi connectivity index (χ1n) is 6.50. The van der Waals surface area contributed by atoms with Gasteiger partial charge in [0, 0.05) is 12.5 Å². The Morgan fingerprint density at radius 1 is 1.33 bits per heavy atom. The van der Waals surface area contributed by atoms with Gasteiger partial charge in [0.15, 0.2) is 0 Å². The Balaban J connectivity index is 2.31. The summed E-state index contributed by atoms with van der Waals surface area (Å²) >= 11 is 0. The number of ether oxygens (including phenoxy) is 1. The Bertz CT molecular complexity index is 442. The van der Waals surface area contributed by atoms with Crippen molar-refractivity contribution in [3.8, 4) is 0 Å². The monoisotopic (exact) mass is 247 g/mol. The van der Waals surface area contributed by atoms with Crippen LogP contribution in [-0.4, -0.2) is 24.7 Å². The molecule has 0 aliphatic heterocycles. The maximum atomic E-state index is 12.1. The molecule has 3 heteroatoms. The van der Waals surface area contributed by atoms with Gasteiger partial charge in [-0.05, 0) is 37.8 Å². The first-order valence-corrected chi connectivity index (χ1v) is 6.50. The van der Waals surface area contributed by atoms with Gasteiger partial charge < -0.3 is 4.74 Å². The van der Waals surface area contributed by atoms with Crippen molar-refractivity contribution in [3.05, 3.63) is 35.4 Å². The average molecular weight is 247 g/mol. The number of benzene rings is 1. The summed E-state index contributed by atoms with van der Waals surface area (Å²) in [6, 6.07) is 8.59. The van der Waals surface area contributed by atoms with Crippen LogP contribution in [0.5, 0.6) is 0 Å². The second-order valence-electron chi connectivity index (χ2n) is 5.32. The number of rotatable bonds is 3. The highest BCUT2D eigenvalue weighted by Crippen LogP contribution is 2.30. The van der Waals surface area contributed by atoms with Crippen LogP contribution in [0, 0.1) is 0 Å². The third-order valence-electron chi connectivity index (χ3n) is 3.57. The van der Waals surface area contributed by atoms with Crippen molar-refractivity contribution < 1.29 is 9.53 Å². The van der Waals surface area contributed by atoms with Crippen LogP contribution in [0.1, 0.15) is 31.4 Å². The van der Waals surface area contributed by atoms with Crippen molar-refractivity contribution in [2.45, 2.75) is 44.7 Å². The third-order valence-corrected chi connectivity index (χ3v) is 3.57. The highest BCUT2D eigenvalue weighted by Gasteiger charge is 2.42. The molecule has 1 unspecified atom stereocenters. The minimum atomic E-state index is -0.558. The van der Waals surface area contributed by atoms with Crippen LogP contribution in [0.4, 0.5) is 0 Å². The van der Waals surface area contributed by atoms with E-state index in [0.29, 0.717) is 6.42 Å². The van der Waals surface area contributed by atoms with Crippen LogP contribution in [0.2, 0.25) is 0 Å². The van der Waals surface area contributed by atoms with E-state index >= 15 is 0 Å². The predicted molar refractivity (Wildman–Crippen MR) is 71.5 cm³/mol. The molecule has 0 aromatic heterocycles. The lowest BCUT2D eigenvalue weighted by atomic mass is 9.77. The van der Waals surface area contributed by atoms with Crippen LogP contribution in [0.15, 0.2) is 24.3 Å². The molecule has 0 bridgehead atoms. The zero-order chi connectivity index (χ0) is 13.2. The van der Waals surface area contributed by atoms with E-state index in [4.69, 9.17) is 4.74 Å². The van der Waals surface area contributed by atoms with E-state index in [9.17, 15) is 4.79 Å². The lowest BCUT2D eigenvalue weighted by Gasteiger charge is -2.38. The third kappa shape index (κ3) is 2.41. The molecule has 1 aromatic carbocycles. The molecule has 18 heavy (non-hydrogen) atoms. The van der Waals surface area contributed by atoms with Crippen molar-refractivity contribution in [1.82, 2.24) is 5.32 Å². The number of carbonyl (C=O) groups excluding carboxylic acids is 1. The molecule has 0 amide bonds. The summed E-state index contributed by atoms with van der Waals surface area (Å²) in [7, 11) is 1.46. The minimum absolute atomic E-state index is 0.147. The molecule has 3 nitrogen and oxygen atoms in total. The average Bonchev–Trinajstić information content (AvgIpc) is 2.36. The number of methoxy groups -OCH3 is 1. The molecule has 1 aromatic rings. The van der Waals surface area contributed by atoms with Gasteiger partial charge in [-0.1, -0.05) is 24.3 Å². The molecule has 0 saturated heterocycles. The Morgan fingerprint density at radius 3 is 2.61 bits per heavy atom. The summed E-state index contributed by atoms with van der Waals surface area (Å²) in [4.78, 5) is 12.1. The SMILES string of the molecule is COC(=O)C1(NC(C)C)CCc2ccccc2C1. The molecule has 98 valence electrons. The number of fused-ring (bicyclic) bond motifs is 1. The summed E-state index contributed by atoms with van der Waals surface area (Å²) in [5.41, 5.74) is 2.04. The van der Waals surface area contributed by atoms with Gasteiger partial charge in [-0.25, -0.2) is 0 Å². The van der Waals surface area contributed by atoms with Crippen molar-refractivity contribution in [3.63, 3.8) is 0 Å². The molecule has 0 heterocycles. The fourth-order valence-electron chi connectivity index (χ4n) is 2.84. The summed E-state index contributed by atoms with van der Waals surface area (Å²) < 4.78 is 5.01. The molecular weight excluding hydrogens is 226 g/mol. The maximum Gasteiger partial charge on any atom is 0.326 e. The van der Waals surface area contributed by atoms with E-state index in [1.165, 1.54) is 18.2 Å². The first kappa shape index (κ1) is 13.1. The molecule has 1 N–H and O–H groups in total. The summed E-state index contributed by atoms with van der Waals surface area (Å²) in [6.45, 7) is 4.12. The normalized spacial score (nSPS) is 22.7. The van der Waals surface area contributed by atoms with E-state index in [-0.39, 0.29) is 12.0 Å². The minimum Gasteiger partial charge on any atom is -0.468 e. The number of aryl methyl sites for hydroxylation is 1. The second-order valence-corrected chi connectivity index (χ2v) is 5.32. The van der Waals surface area contributed by atoms with Crippen LogP contribution in [-0.2, 0) is 22.4 Å². The standard InChI is InChI=1S/C15H21NO2/c1-11(2)16-15(14(17)18-3)9-8-12-6-4-5-7-13(12)10-15/h4-7,11,16H,8-10H2,1-3H3. The fourth-order valence-corrected chi connectivity index (χ4v) is 2.84. The number of nitrogens with one attached hydrogen (secondary N) is 1. The zero-order valence-electron chi connectivity index (χ0n) is 11.3. The van der Waals surface area contributed by atoms with Crippen LogP contribution in [0.3, 0.4) is 0 Å². The van der Waals surface area contributed by atoms with E-state index in [0.717, 1.165) is 12.8 Å². The molecule has 2 rings (SSSR count). The molecule has 1 atom stereocenters. The second kappa shape index (κ2) is 5.11. The number of carbonyl (C=O) groups is 1. The number of esters is 1. The van der Waals surface area contributed by atoms with Crippen molar-refractivity contribution in [2.75, 3.05) is 7.11 Å². The van der Waals surface area contributed by atoms with Crippen LogP contribution < -0.4 is 5.32 Å². The van der Waals surface area contributed by atoms with Gasteiger partial charge >= 0.3 is 5.97 Å². The van der Waals surface area contributed by atoms with E-state index in [2.05, 4.69) is 37.4 Å². The van der Waals surface area contributed by atoms with Crippen molar-refractivity contribution >= 4 is 5.97 Å².